The van der Waals surface area contributed by atoms with Crippen molar-refractivity contribution >= 4 is 17.1 Å². The Balaban J connectivity index is 1.50. The first-order valence-electron chi connectivity index (χ1n) is 11.1. The number of nitrogens with zero attached hydrogens (tertiary/aromatic N) is 1. The number of para-hydroxylation sites is 2. The maximum absolute atomic E-state index is 11.3. The van der Waals surface area contributed by atoms with Crippen LogP contribution in [0.3, 0.4) is 0 Å². The molecule has 0 spiro atoms. The molecule has 176 valence electrons. The number of methoxy groups -OCH3 is 1. The van der Waals surface area contributed by atoms with Crippen molar-refractivity contribution in [3.8, 4) is 23.0 Å². The van der Waals surface area contributed by atoms with Crippen LogP contribution in [0.2, 0.25) is 0 Å². The second kappa shape index (κ2) is 9.57. The molecule has 1 atom stereocenters. The number of hydrogen-bond donors (Lipinski definition) is 2. The van der Waals surface area contributed by atoms with Gasteiger partial charge in [-0.25, -0.2) is 9.78 Å². The Kier molecular flexibility index (Phi) is 6.56. The van der Waals surface area contributed by atoms with Crippen molar-refractivity contribution in [2.45, 2.75) is 39.0 Å². The number of aliphatic carboxylic acids is 1. The van der Waals surface area contributed by atoms with E-state index in [4.69, 9.17) is 13.9 Å². The van der Waals surface area contributed by atoms with Crippen LogP contribution in [-0.2, 0) is 11.3 Å². The summed E-state index contributed by atoms with van der Waals surface area (Å²) in [5, 5.41) is 12.8. The van der Waals surface area contributed by atoms with Crippen molar-refractivity contribution < 1.29 is 23.8 Å². The number of benzene rings is 3. The largest absolute Gasteiger partial charge is 0.497 e. The van der Waals surface area contributed by atoms with E-state index in [2.05, 4.69) is 17.2 Å². The quantitative estimate of drug-likeness (QED) is 0.336. The third-order valence-corrected chi connectivity index (χ3v) is 5.71. The summed E-state index contributed by atoms with van der Waals surface area (Å²) in [6, 6.07) is 21.0. The van der Waals surface area contributed by atoms with Crippen molar-refractivity contribution in [1.29, 1.82) is 0 Å². The zero-order chi connectivity index (χ0) is 24.3. The van der Waals surface area contributed by atoms with E-state index in [-0.39, 0.29) is 6.04 Å². The van der Waals surface area contributed by atoms with Crippen LogP contribution in [0.5, 0.6) is 11.5 Å². The Labute approximate surface area is 198 Å². The topological polar surface area (TPSA) is 93.8 Å². The van der Waals surface area contributed by atoms with Crippen molar-refractivity contribution in [3.63, 3.8) is 0 Å². The summed E-state index contributed by atoms with van der Waals surface area (Å²) in [5.74, 6) is 0.777. The smallest absolute Gasteiger partial charge is 0.347 e. The summed E-state index contributed by atoms with van der Waals surface area (Å²) < 4.78 is 17.0. The van der Waals surface area contributed by atoms with Crippen molar-refractivity contribution in [3.05, 3.63) is 77.9 Å². The highest BCUT2D eigenvalue weighted by atomic mass is 16.5. The van der Waals surface area contributed by atoms with E-state index < -0.39 is 11.6 Å². The highest BCUT2D eigenvalue weighted by Crippen LogP contribution is 2.31. The molecule has 0 aliphatic heterocycles. The predicted molar refractivity (Wildman–Crippen MR) is 130 cm³/mol. The first-order valence-corrected chi connectivity index (χ1v) is 11.1. The van der Waals surface area contributed by atoms with Crippen LogP contribution >= 0.6 is 0 Å². The van der Waals surface area contributed by atoms with Gasteiger partial charge in [0.05, 0.1) is 7.11 Å². The van der Waals surface area contributed by atoms with Crippen molar-refractivity contribution in [2.75, 3.05) is 7.11 Å². The van der Waals surface area contributed by atoms with Crippen molar-refractivity contribution in [1.82, 2.24) is 10.3 Å². The molecule has 0 aliphatic carbocycles. The Morgan fingerprint density at radius 2 is 1.79 bits per heavy atom. The molecule has 2 N–H and O–H groups in total. The normalized spacial score (nSPS) is 12.5. The summed E-state index contributed by atoms with van der Waals surface area (Å²) in [4.78, 5) is 15.9. The first kappa shape index (κ1) is 23.3. The van der Waals surface area contributed by atoms with Gasteiger partial charge >= 0.3 is 5.97 Å². The molecule has 0 radical (unpaired) electrons. The maximum Gasteiger partial charge on any atom is 0.347 e. The number of rotatable bonds is 9. The lowest BCUT2D eigenvalue weighted by molar-refractivity contribution is -0.152. The van der Waals surface area contributed by atoms with Gasteiger partial charge in [0.15, 0.2) is 11.2 Å². The van der Waals surface area contributed by atoms with E-state index in [1.54, 1.807) is 19.2 Å². The minimum absolute atomic E-state index is 0.0418. The predicted octanol–water partition coefficient (Wildman–Crippen LogP) is 5.60. The summed E-state index contributed by atoms with van der Waals surface area (Å²) in [6.45, 7) is 5.71. The van der Waals surface area contributed by atoms with E-state index in [0.29, 0.717) is 18.2 Å². The van der Waals surface area contributed by atoms with Gasteiger partial charge in [0.2, 0.25) is 5.89 Å². The number of carbonyl (C=O) groups is 1. The molecule has 1 heterocycles. The van der Waals surface area contributed by atoms with E-state index >= 15 is 0 Å². The first-order chi connectivity index (χ1) is 16.3. The standard InChI is InChI=1S/C27H28N2O5/c1-17(18-9-12-20(13-10-18)34-27(2,3)26(30)31)28-16-19-11-14-21(32-4)15-22(19)25-29-23-7-5-6-8-24(23)33-25/h5-15,17,28H,16H2,1-4H3,(H,30,31). The molecule has 0 saturated carbocycles. The summed E-state index contributed by atoms with van der Waals surface area (Å²) >= 11 is 0. The number of carboxylic acid groups (broad SMARTS) is 1. The second-order valence-corrected chi connectivity index (χ2v) is 8.60. The van der Waals surface area contributed by atoms with Gasteiger partial charge in [0.1, 0.15) is 17.0 Å². The Morgan fingerprint density at radius 1 is 1.09 bits per heavy atom. The third-order valence-electron chi connectivity index (χ3n) is 5.71. The van der Waals surface area contributed by atoms with Crippen LogP contribution in [0.4, 0.5) is 0 Å². The Hall–Kier alpha value is -3.84. The maximum atomic E-state index is 11.3. The fraction of sp³-hybridized carbons (Fsp3) is 0.259. The number of oxazole rings is 1. The van der Waals surface area contributed by atoms with Crippen molar-refractivity contribution in [2.24, 2.45) is 0 Å². The van der Waals surface area contributed by atoms with Crippen LogP contribution in [0.25, 0.3) is 22.6 Å². The van der Waals surface area contributed by atoms with Gasteiger partial charge in [-0.3, -0.25) is 0 Å². The molecule has 7 heteroatoms. The lowest BCUT2D eigenvalue weighted by Gasteiger charge is -2.22. The highest BCUT2D eigenvalue weighted by Gasteiger charge is 2.29. The number of fused-ring (bicyclic) bond motifs is 1. The average Bonchev–Trinajstić information content (AvgIpc) is 3.27. The Bertz CT molecular complexity index is 1260. The molecule has 1 unspecified atom stereocenters. The molecule has 3 aromatic carbocycles. The van der Waals surface area contributed by atoms with Gasteiger partial charge in [-0.2, -0.15) is 0 Å². The number of hydrogen-bond acceptors (Lipinski definition) is 6. The van der Waals surface area contributed by atoms with Crippen LogP contribution in [-0.4, -0.2) is 28.8 Å². The van der Waals surface area contributed by atoms with Crippen LogP contribution < -0.4 is 14.8 Å². The number of carboxylic acids is 1. The lowest BCUT2D eigenvalue weighted by Crippen LogP contribution is -2.37. The molecule has 0 fully saturated rings. The molecule has 0 amide bonds. The van der Waals surface area contributed by atoms with Crippen LogP contribution in [0.1, 0.15) is 37.9 Å². The SMILES string of the molecule is COc1ccc(CNC(C)c2ccc(OC(C)(C)C(=O)O)cc2)c(-c2nc3ccccc3o2)c1. The fourth-order valence-corrected chi connectivity index (χ4v) is 3.57. The van der Waals surface area contributed by atoms with E-state index in [0.717, 1.165) is 33.5 Å². The van der Waals surface area contributed by atoms with Gasteiger partial charge < -0.3 is 24.3 Å². The molecule has 4 aromatic rings. The average molecular weight is 461 g/mol. The fourth-order valence-electron chi connectivity index (χ4n) is 3.57. The number of nitrogens with one attached hydrogen (secondary N) is 1. The molecule has 0 bridgehead atoms. The Morgan fingerprint density at radius 3 is 2.47 bits per heavy atom. The van der Waals surface area contributed by atoms with E-state index in [1.165, 1.54) is 13.8 Å². The minimum Gasteiger partial charge on any atom is -0.497 e. The molecule has 0 saturated heterocycles. The molecule has 0 aliphatic rings. The van der Waals surface area contributed by atoms with Gasteiger partial charge in [-0.1, -0.05) is 30.3 Å². The molecule has 7 nitrogen and oxygen atoms in total. The van der Waals surface area contributed by atoms with E-state index in [9.17, 15) is 9.90 Å². The monoisotopic (exact) mass is 460 g/mol. The summed E-state index contributed by atoms with van der Waals surface area (Å²) in [6.07, 6.45) is 0. The van der Waals surface area contributed by atoms with Crippen LogP contribution in [0.15, 0.2) is 71.1 Å². The highest BCUT2D eigenvalue weighted by molar-refractivity contribution is 5.77. The van der Waals surface area contributed by atoms with E-state index in [1.807, 2.05) is 54.6 Å². The number of aromatic nitrogens is 1. The second-order valence-electron chi connectivity index (χ2n) is 8.60. The minimum atomic E-state index is -1.29. The lowest BCUT2D eigenvalue weighted by atomic mass is 10.0. The molecule has 34 heavy (non-hydrogen) atoms. The molecule has 1 aromatic heterocycles. The summed E-state index contributed by atoms with van der Waals surface area (Å²) in [5.41, 5.74) is 3.21. The van der Waals surface area contributed by atoms with Gasteiger partial charge in [0, 0.05) is 18.2 Å². The molecular weight excluding hydrogens is 432 g/mol. The zero-order valence-corrected chi connectivity index (χ0v) is 19.7. The number of ether oxygens (including phenoxy) is 2. The molecule has 4 rings (SSSR count). The van der Waals surface area contributed by atoms with Gasteiger partial charge in [-0.15, -0.1) is 0 Å². The third kappa shape index (κ3) is 5.05. The molecular formula is C27H28N2O5. The zero-order valence-electron chi connectivity index (χ0n) is 19.7. The summed E-state index contributed by atoms with van der Waals surface area (Å²) in [7, 11) is 1.64. The van der Waals surface area contributed by atoms with Gasteiger partial charge in [0.25, 0.3) is 0 Å². The van der Waals surface area contributed by atoms with Gasteiger partial charge in [-0.05, 0) is 68.3 Å². The van der Waals surface area contributed by atoms with Crippen LogP contribution in [0, 0.1) is 0 Å².